The molecule has 56 heavy (non-hydrogen) atoms. The lowest BCUT2D eigenvalue weighted by Gasteiger charge is -2.40. The highest BCUT2D eigenvalue weighted by Gasteiger charge is 2.44. The fourth-order valence-electron chi connectivity index (χ4n) is 7.75. The molecule has 6 N–H and O–H groups in total. The predicted octanol–water partition coefficient (Wildman–Crippen LogP) is 10.1. The molecule has 332 valence electrons. The molecule has 0 aliphatic carbocycles. The SMILES string of the molecule is CCCCCCCCCCCCCCCCCC/C=C/C(O)C(COC1OC(CO)C(O)C(O)C1O)NC(=O)CCCCCCCCCCCCCCCCC. The number of carbonyl (C=O) groups is 1. The smallest absolute Gasteiger partial charge is 0.220 e. The Balaban J connectivity index is 2.33. The van der Waals surface area contributed by atoms with Crippen molar-refractivity contribution >= 4 is 5.91 Å². The zero-order valence-electron chi connectivity index (χ0n) is 36.4. The van der Waals surface area contributed by atoms with Crippen LogP contribution in [-0.4, -0.2) is 87.5 Å². The molecular weight excluding hydrogens is 707 g/mol. The van der Waals surface area contributed by atoms with Crippen LogP contribution in [0.15, 0.2) is 12.2 Å². The van der Waals surface area contributed by atoms with Crippen molar-refractivity contribution in [3.63, 3.8) is 0 Å². The van der Waals surface area contributed by atoms with Gasteiger partial charge in [-0.25, -0.2) is 0 Å². The van der Waals surface area contributed by atoms with Gasteiger partial charge in [0, 0.05) is 6.42 Å². The maximum atomic E-state index is 13.0. The summed E-state index contributed by atoms with van der Waals surface area (Å²) >= 11 is 0. The number of hydrogen-bond acceptors (Lipinski definition) is 8. The van der Waals surface area contributed by atoms with E-state index in [1.165, 1.54) is 167 Å². The Morgan fingerprint density at radius 2 is 0.982 bits per heavy atom. The Kier molecular flexibility index (Phi) is 36.1. The van der Waals surface area contributed by atoms with Crippen LogP contribution in [0.25, 0.3) is 0 Å². The first-order valence-electron chi connectivity index (χ1n) is 23.9. The van der Waals surface area contributed by atoms with E-state index in [9.17, 15) is 30.3 Å². The summed E-state index contributed by atoms with van der Waals surface area (Å²) in [6, 6.07) is -0.798. The summed E-state index contributed by atoms with van der Waals surface area (Å²) in [5, 5.41) is 54.2. The van der Waals surface area contributed by atoms with Gasteiger partial charge in [-0.05, 0) is 19.3 Å². The number of nitrogens with one attached hydrogen (secondary N) is 1. The van der Waals surface area contributed by atoms with Crippen molar-refractivity contribution < 1.29 is 39.8 Å². The van der Waals surface area contributed by atoms with Crippen LogP contribution in [0.2, 0.25) is 0 Å². The van der Waals surface area contributed by atoms with E-state index in [-0.39, 0.29) is 12.5 Å². The third kappa shape index (κ3) is 28.4. The van der Waals surface area contributed by atoms with Gasteiger partial charge in [0.1, 0.15) is 24.4 Å². The van der Waals surface area contributed by atoms with Crippen LogP contribution < -0.4 is 5.32 Å². The first kappa shape index (κ1) is 52.9. The highest BCUT2D eigenvalue weighted by molar-refractivity contribution is 5.76. The third-order valence-corrected chi connectivity index (χ3v) is 11.6. The zero-order valence-corrected chi connectivity index (χ0v) is 36.4. The monoisotopic (exact) mass is 798 g/mol. The van der Waals surface area contributed by atoms with E-state index < -0.39 is 49.5 Å². The molecule has 1 saturated heterocycles. The van der Waals surface area contributed by atoms with E-state index in [2.05, 4.69) is 19.2 Å². The van der Waals surface area contributed by atoms with Crippen molar-refractivity contribution in [2.45, 2.75) is 269 Å². The summed E-state index contributed by atoms with van der Waals surface area (Å²) in [6.07, 6.45) is 36.8. The zero-order chi connectivity index (χ0) is 40.9. The standard InChI is InChI=1S/C47H91NO8/c1-3-5-7-9-11-13-15-17-19-20-21-23-24-26-28-30-32-34-36-41(50)40(39-55-47-46(54)45(53)44(52)42(38-49)56-47)48-43(51)37-35-33-31-29-27-25-22-18-16-14-12-10-8-6-4-2/h34,36,40-42,44-47,49-50,52-54H,3-33,35,37-39H2,1-2H3,(H,48,51)/b36-34+. The molecule has 1 fully saturated rings. The number of ether oxygens (including phenoxy) is 2. The van der Waals surface area contributed by atoms with Gasteiger partial charge in [0.25, 0.3) is 0 Å². The number of rotatable bonds is 40. The highest BCUT2D eigenvalue weighted by atomic mass is 16.7. The molecule has 7 atom stereocenters. The van der Waals surface area contributed by atoms with Crippen molar-refractivity contribution in [3.8, 4) is 0 Å². The number of allylic oxidation sites excluding steroid dienone is 1. The Morgan fingerprint density at radius 3 is 1.39 bits per heavy atom. The van der Waals surface area contributed by atoms with Gasteiger partial charge in [0.15, 0.2) is 6.29 Å². The molecule has 0 bridgehead atoms. The molecule has 9 heteroatoms. The summed E-state index contributed by atoms with van der Waals surface area (Å²) < 4.78 is 11.2. The minimum absolute atomic E-state index is 0.174. The van der Waals surface area contributed by atoms with E-state index in [1.54, 1.807) is 6.08 Å². The summed E-state index contributed by atoms with van der Waals surface area (Å²) in [6.45, 7) is 3.79. The molecule has 7 unspecified atom stereocenters. The average Bonchev–Trinajstić information content (AvgIpc) is 3.20. The molecule has 1 aliphatic rings. The first-order valence-corrected chi connectivity index (χ1v) is 23.9. The minimum Gasteiger partial charge on any atom is -0.394 e. The van der Waals surface area contributed by atoms with Gasteiger partial charge in [0.05, 0.1) is 25.4 Å². The lowest BCUT2D eigenvalue weighted by molar-refractivity contribution is -0.302. The number of hydrogen-bond donors (Lipinski definition) is 6. The Bertz CT molecular complexity index is 888. The molecule has 1 aliphatic heterocycles. The van der Waals surface area contributed by atoms with E-state index in [0.29, 0.717) is 6.42 Å². The van der Waals surface area contributed by atoms with Gasteiger partial charge < -0.3 is 40.3 Å². The molecule has 0 aromatic heterocycles. The molecule has 0 aromatic rings. The fourth-order valence-corrected chi connectivity index (χ4v) is 7.75. The van der Waals surface area contributed by atoms with Crippen LogP contribution in [0.5, 0.6) is 0 Å². The van der Waals surface area contributed by atoms with E-state index in [0.717, 1.165) is 38.5 Å². The van der Waals surface area contributed by atoms with Gasteiger partial charge in [0.2, 0.25) is 5.91 Å². The van der Waals surface area contributed by atoms with E-state index >= 15 is 0 Å². The highest BCUT2D eigenvalue weighted by Crippen LogP contribution is 2.23. The number of unbranched alkanes of at least 4 members (excludes halogenated alkanes) is 30. The number of carbonyl (C=O) groups excluding carboxylic acids is 1. The molecule has 0 aromatic carbocycles. The van der Waals surface area contributed by atoms with Gasteiger partial charge in [-0.3, -0.25) is 4.79 Å². The van der Waals surface area contributed by atoms with Gasteiger partial charge >= 0.3 is 0 Å². The molecule has 9 nitrogen and oxygen atoms in total. The minimum atomic E-state index is -1.56. The van der Waals surface area contributed by atoms with E-state index in [4.69, 9.17) is 9.47 Å². The Labute approximate surface area is 344 Å². The topological polar surface area (TPSA) is 149 Å². The quantitative estimate of drug-likeness (QED) is 0.0265. The Hall–Kier alpha value is -1.07. The van der Waals surface area contributed by atoms with Crippen LogP contribution in [0.4, 0.5) is 0 Å². The number of aliphatic hydroxyl groups excluding tert-OH is 5. The van der Waals surface area contributed by atoms with Crippen LogP contribution >= 0.6 is 0 Å². The number of amides is 1. The van der Waals surface area contributed by atoms with Gasteiger partial charge in [-0.15, -0.1) is 0 Å². The maximum Gasteiger partial charge on any atom is 0.220 e. The van der Waals surface area contributed by atoms with Crippen molar-refractivity contribution in [1.29, 1.82) is 0 Å². The summed E-state index contributed by atoms with van der Waals surface area (Å²) in [4.78, 5) is 13.0. The first-order chi connectivity index (χ1) is 27.3. The van der Waals surface area contributed by atoms with Crippen LogP contribution in [0.3, 0.4) is 0 Å². The maximum absolute atomic E-state index is 13.0. The fraction of sp³-hybridized carbons (Fsp3) is 0.936. The van der Waals surface area contributed by atoms with Crippen LogP contribution in [-0.2, 0) is 14.3 Å². The largest absolute Gasteiger partial charge is 0.394 e. The van der Waals surface area contributed by atoms with Crippen LogP contribution in [0.1, 0.15) is 226 Å². The van der Waals surface area contributed by atoms with Crippen molar-refractivity contribution in [1.82, 2.24) is 5.32 Å². The van der Waals surface area contributed by atoms with E-state index in [1.807, 2.05) is 6.08 Å². The second-order valence-electron chi connectivity index (χ2n) is 16.9. The average molecular weight is 798 g/mol. The third-order valence-electron chi connectivity index (χ3n) is 11.6. The molecule has 1 amide bonds. The molecule has 0 spiro atoms. The normalized spacial score (nSPS) is 21.2. The summed E-state index contributed by atoms with van der Waals surface area (Å²) in [5.74, 6) is -0.174. The molecule has 1 rings (SSSR count). The van der Waals surface area contributed by atoms with Gasteiger partial charge in [-0.2, -0.15) is 0 Å². The van der Waals surface area contributed by atoms with Crippen LogP contribution in [0, 0.1) is 0 Å². The predicted molar refractivity (Wildman–Crippen MR) is 231 cm³/mol. The molecule has 0 saturated carbocycles. The Morgan fingerprint density at radius 1 is 0.589 bits per heavy atom. The molecule has 1 heterocycles. The van der Waals surface area contributed by atoms with Gasteiger partial charge in [-0.1, -0.05) is 212 Å². The van der Waals surface area contributed by atoms with Crippen molar-refractivity contribution in [3.05, 3.63) is 12.2 Å². The second-order valence-corrected chi connectivity index (χ2v) is 16.9. The lowest BCUT2D eigenvalue weighted by Crippen LogP contribution is -2.60. The number of aliphatic hydroxyl groups is 5. The second kappa shape index (κ2) is 38.2. The summed E-state index contributed by atoms with van der Waals surface area (Å²) in [7, 11) is 0. The molecular formula is C47H91NO8. The van der Waals surface area contributed by atoms with Crippen molar-refractivity contribution in [2.75, 3.05) is 13.2 Å². The lowest BCUT2D eigenvalue weighted by atomic mass is 9.99. The van der Waals surface area contributed by atoms with Crippen molar-refractivity contribution in [2.24, 2.45) is 0 Å². The molecule has 0 radical (unpaired) electrons. The summed E-state index contributed by atoms with van der Waals surface area (Å²) in [5.41, 5.74) is 0.